The molecule has 144 valence electrons. The zero-order valence-electron chi connectivity index (χ0n) is 15.4. The van der Waals surface area contributed by atoms with Crippen molar-refractivity contribution in [1.29, 1.82) is 0 Å². The first-order valence-corrected chi connectivity index (χ1v) is 8.99. The number of amides is 1. The van der Waals surface area contributed by atoms with Crippen LogP contribution in [-0.4, -0.2) is 29.9 Å². The molecule has 6 heteroatoms. The van der Waals surface area contributed by atoms with Gasteiger partial charge in [0.1, 0.15) is 0 Å². The lowest BCUT2D eigenvalue weighted by atomic mass is 9.83. The minimum absolute atomic E-state index is 0. The lowest BCUT2D eigenvalue weighted by Crippen LogP contribution is -2.35. The predicted octanol–water partition coefficient (Wildman–Crippen LogP) is 4.22. The van der Waals surface area contributed by atoms with Crippen LogP contribution in [0, 0.1) is 5.92 Å². The summed E-state index contributed by atoms with van der Waals surface area (Å²) < 4.78 is 0. The summed E-state index contributed by atoms with van der Waals surface area (Å²) in [6.07, 6.45) is 5.08. The van der Waals surface area contributed by atoms with Crippen molar-refractivity contribution < 1.29 is 4.79 Å². The molecule has 0 spiro atoms. The average Bonchev–Trinajstić information content (AvgIpc) is 2.55. The molecule has 2 atom stereocenters. The van der Waals surface area contributed by atoms with Crippen LogP contribution < -0.4 is 11.1 Å². The van der Waals surface area contributed by atoms with Gasteiger partial charge < -0.3 is 11.1 Å². The van der Waals surface area contributed by atoms with Gasteiger partial charge in [-0.05, 0) is 49.5 Å². The second-order valence-electron chi connectivity index (χ2n) is 6.62. The standard InChI is InChI=1S/C19H31N3O.2ClH/c1-3-22(4-2)14-15-8-7-10-17(12-15)21-19(23)13-16-9-5-6-11-18(16)20;;/h7-8,10,12,16,18H,3-6,9,11,13-14,20H2,1-2H3,(H,21,23);2*1H. The molecule has 0 aliphatic heterocycles. The Balaban J connectivity index is 0.00000288. The zero-order valence-corrected chi connectivity index (χ0v) is 17.0. The third kappa shape index (κ3) is 7.95. The van der Waals surface area contributed by atoms with Gasteiger partial charge >= 0.3 is 0 Å². The van der Waals surface area contributed by atoms with Crippen LogP contribution in [0.5, 0.6) is 0 Å². The number of nitrogens with two attached hydrogens (primary N) is 1. The molecule has 0 bridgehead atoms. The molecule has 2 unspecified atom stereocenters. The first kappa shape index (κ1) is 24.2. The van der Waals surface area contributed by atoms with E-state index in [9.17, 15) is 4.79 Å². The average molecular weight is 390 g/mol. The fraction of sp³-hybridized carbons (Fsp3) is 0.632. The summed E-state index contributed by atoms with van der Waals surface area (Å²) >= 11 is 0. The second-order valence-corrected chi connectivity index (χ2v) is 6.62. The van der Waals surface area contributed by atoms with Crippen molar-refractivity contribution >= 4 is 36.4 Å². The Kier molecular flexibility index (Phi) is 12.1. The molecule has 1 aliphatic rings. The number of halogens is 2. The molecule has 4 nitrogen and oxygen atoms in total. The number of anilines is 1. The van der Waals surface area contributed by atoms with Crippen LogP contribution in [0.25, 0.3) is 0 Å². The van der Waals surface area contributed by atoms with Crippen LogP contribution in [0.2, 0.25) is 0 Å². The highest BCUT2D eigenvalue weighted by Gasteiger charge is 2.24. The van der Waals surface area contributed by atoms with Gasteiger partial charge in [-0.1, -0.05) is 38.8 Å². The summed E-state index contributed by atoms with van der Waals surface area (Å²) in [4.78, 5) is 14.7. The molecule has 1 aliphatic carbocycles. The van der Waals surface area contributed by atoms with Crippen molar-refractivity contribution in [2.75, 3.05) is 18.4 Å². The Labute approximate surface area is 164 Å². The van der Waals surface area contributed by atoms with Crippen LogP contribution in [0.15, 0.2) is 24.3 Å². The number of nitrogens with zero attached hydrogens (tertiary/aromatic N) is 1. The van der Waals surface area contributed by atoms with Gasteiger partial charge in [-0.2, -0.15) is 0 Å². The summed E-state index contributed by atoms with van der Waals surface area (Å²) in [5, 5.41) is 3.05. The first-order chi connectivity index (χ1) is 11.1. The molecule has 3 N–H and O–H groups in total. The van der Waals surface area contributed by atoms with Gasteiger partial charge in [0.25, 0.3) is 0 Å². The normalized spacial score (nSPS) is 19.7. The quantitative estimate of drug-likeness (QED) is 0.733. The monoisotopic (exact) mass is 389 g/mol. The fourth-order valence-electron chi connectivity index (χ4n) is 3.39. The molecule has 1 aromatic carbocycles. The van der Waals surface area contributed by atoms with E-state index < -0.39 is 0 Å². The van der Waals surface area contributed by atoms with E-state index in [2.05, 4.69) is 36.2 Å². The Morgan fingerprint density at radius 1 is 1.20 bits per heavy atom. The van der Waals surface area contributed by atoms with Crippen molar-refractivity contribution in [3.05, 3.63) is 29.8 Å². The molecule has 0 aromatic heterocycles. The molecule has 1 amide bonds. The maximum atomic E-state index is 12.3. The van der Waals surface area contributed by atoms with Crippen LogP contribution in [0.4, 0.5) is 5.69 Å². The number of rotatable bonds is 7. The van der Waals surface area contributed by atoms with E-state index in [1.807, 2.05) is 12.1 Å². The Hall–Kier alpha value is -0.810. The minimum Gasteiger partial charge on any atom is -0.327 e. The molecule has 1 aromatic rings. The van der Waals surface area contributed by atoms with Crippen LogP contribution in [-0.2, 0) is 11.3 Å². The maximum Gasteiger partial charge on any atom is 0.224 e. The van der Waals surface area contributed by atoms with Crippen molar-refractivity contribution in [3.8, 4) is 0 Å². The van der Waals surface area contributed by atoms with Crippen LogP contribution >= 0.6 is 24.8 Å². The molecular weight excluding hydrogens is 357 g/mol. The zero-order chi connectivity index (χ0) is 16.7. The lowest BCUT2D eigenvalue weighted by Gasteiger charge is -2.28. The second kappa shape index (κ2) is 12.5. The van der Waals surface area contributed by atoms with Gasteiger partial charge in [0.2, 0.25) is 5.91 Å². The minimum atomic E-state index is 0. The van der Waals surface area contributed by atoms with Gasteiger partial charge in [0.15, 0.2) is 0 Å². The van der Waals surface area contributed by atoms with E-state index in [-0.39, 0.29) is 36.8 Å². The first-order valence-electron chi connectivity index (χ1n) is 8.99. The van der Waals surface area contributed by atoms with E-state index in [0.29, 0.717) is 12.3 Å². The smallest absolute Gasteiger partial charge is 0.224 e. The fourth-order valence-corrected chi connectivity index (χ4v) is 3.39. The Morgan fingerprint density at radius 3 is 2.52 bits per heavy atom. The SMILES string of the molecule is CCN(CC)Cc1cccc(NC(=O)CC2CCCCC2N)c1.Cl.Cl. The summed E-state index contributed by atoms with van der Waals surface area (Å²) in [6.45, 7) is 7.33. The van der Waals surface area contributed by atoms with Gasteiger partial charge in [-0.15, -0.1) is 24.8 Å². The third-order valence-corrected chi connectivity index (χ3v) is 4.93. The highest BCUT2D eigenvalue weighted by molar-refractivity contribution is 5.91. The largest absolute Gasteiger partial charge is 0.327 e. The summed E-state index contributed by atoms with van der Waals surface area (Å²) in [6, 6.07) is 8.36. The molecule has 2 rings (SSSR count). The molecular formula is C19H33Cl2N3O. The number of hydrogen-bond acceptors (Lipinski definition) is 3. The number of carbonyl (C=O) groups excluding carboxylic acids is 1. The lowest BCUT2D eigenvalue weighted by molar-refractivity contribution is -0.117. The topological polar surface area (TPSA) is 58.4 Å². The van der Waals surface area contributed by atoms with Gasteiger partial charge in [0.05, 0.1) is 0 Å². The van der Waals surface area contributed by atoms with E-state index >= 15 is 0 Å². The van der Waals surface area contributed by atoms with Crippen molar-refractivity contribution in [3.63, 3.8) is 0 Å². The van der Waals surface area contributed by atoms with Gasteiger partial charge in [-0.25, -0.2) is 0 Å². The molecule has 1 fully saturated rings. The van der Waals surface area contributed by atoms with E-state index in [0.717, 1.165) is 38.2 Å². The van der Waals surface area contributed by atoms with Gasteiger partial charge in [-0.3, -0.25) is 9.69 Å². The number of benzene rings is 1. The van der Waals surface area contributed by atoms with Crippen LogP contribution in [0.3, 0.4) is 0 Å². The summed E-state index contributed by atoms with van der Waals surface area (Å²) in [7, 11) is 0. The summed E-state index contributed by atoms with van der Waals surface area (Å²) in [5.41, 5.74) is 8.27. The highest BCUT2D eigenvalue weighted by Crippen LogP contribution is 2.26. The van der Waals surface area contributed by atoms with Crippen molar-refractivity contribution in [2.24, 2.45) is 11.7 Å². The molecule has 25 heavy (non-hydrogen) atoms. The van der Waals surface area contributed by atoms with E-state index in [1.54, 1.807) is 0 Å². The Morgan fingerprint density at radius 2 is 1.88 bits per heavy atom. The molecule has 0 saturated heterocycles. The molecule has 1 saturated carbocycles. The molecule has 0 heterocycles. The van der Waals surface area contributed by atoms with E-state index in [1.165, 1.54) is 18.4 Å². The number of carbonyl (C=O) groups is 1. The van der Waals surface area contributed by atoms with Gasteiger partial charge in [0, 0.05) is 24.7 Å². The Bertz CT molecular complexity index is 509. The van der Waals surface area contributed by atoms with Crippen LogP contribution in [0.1, 0.15) is 51.5 Å². The molecule has 0 radical (unpaired) electrons. The maximum absolute atomic E-state index is 12.3. The van der Waals surface area contributed by atoms with E-state index in [4.69, 9.17) is 5.73 Å². The van der Waals surface area contributed by atoms with Crippen molar-refractivity contribution in [2.45, 2.75) is 58.5 Å². The number of nitrogens with one attached hydrogen (secondary N) is 1. The predicted molar refractivity (Wildman–Crippen MR) is 111 cm³/mol. The third-order valence-electron chi connectivity index (χ3n) is 4.93. The summed E-state index contributed by atoms with van der Waals surface area (Å²) in [5.74, 6) is 0.426. The van der Waals surface area contributed by atoms with Crippen molar-refractivity contribution in [1.82, 2.24) is 4.90 Å². The highest BCUT2D eigenvalue weighted by atomic mass is 35.5. The number of hydrogen-bond donors (Lipinski definition) is 2.